The predicted molar refractivity (Wildman–Crippen MR) is 157 cm³/mol. The van der Waals surface area contributed by atoms with Gasteiger partial charge in [0.15, 0.2) is 0 Å². The van der Waals surface area contributed by atoms with Crippen LogP contribution >= 0.6 is 0 Å². The van der Waals surface area contributed by atoms with Crippen molar-refractivity contribution in [2.45, 2.75) is 47.5 Å². The Labute approximate surface area is 223 Å². The molecule has 0 atom stereocenters. The van der Waals surface area contributed by atoms with Gasteiger partial charge < -0.3 is 15.2 Å². The van der Waals surface area contributed by atoms with Gasteiger partial charge >= 0.3 is 0 Å². The summed E-state index contributed by atoms with van der Waals surface area (Å²) in [7, 11) is 0. The summed E-state index contributed by atoms with van der Waals surface area (Å²) in [5.41, 5.74) is 13.0. The number of phenolic OH excluding ortho intramolecular Hbond substituents is 2. The Balaban J connectivity index is 1.74. The number of fused-ring (bicyclic) bond motifs is 9. The molecule has 190 valence electrons. The molecule has 1 aliphatic carbocycles. The number of nitrogens with one attached hydrogen (secondary N) is 1. The molecule has 3 aliphatic rings. The van der Waals surface area contributed by atoms with Crippen molar-refractivity contribution in [2.75, 3.05) is 0 Å². The third-order valence-electron chi connectivity index (χ3n) is 8.16. The average molecular weight is 501 g/mol. The van der Waals surface area contributed by atoms with E-state index in [2.05, 4.69) is 75.2 Å². The van der Waals surface area contributed by atoms with Crippen LogP contribution in [0.5, 0.6) is 11.5 Å². The van der Waals surface area contributed by atoms with Crippen LogP contribution in [0, 0.1) is 13.8 Å². The van der Waals surface area contributed by atoms with Crippen LogP contribution in [0.15, 0.2) is 64.3 Å². The molecular weight excluding hydrogens is 468 g/mol. The standard InChI is InChI=1S/C34H32N2O2/c1-6-25-18(3)29-14-21-12-22(28-11-9-8-10-27(21)28)15-30-19(4)26(7-2)32(36-30)17-24-13-23(16-31(25)35-29)33(37)20(5)34(24)38/h8-17,35,37-38H,6-7H2,1-5H3. The molecule has 0 amide bonds. The molecule has 0 radical (unpaired) electrons. The number of rotatable bonds is 2. The second-order valence-corrected chi connectivity index (χ2v) is 10.3. The highest BCUT2D eigenvalue weighted by atomic mass is 16.3. The Morgan fingerprint density at radius 1 is 0.737 bits per heavy atom. The summed E-state index contributed by atoms with van der Waals surface area (Å²) < 4.78 is 0. The molecule has 3 N–H and O–H groups in total. The molecule has 38 heavy (non-hydrogen) atoms. The minimum atomic E-state index is 0.0769. The second-order valence-electron chi connectivity index (χ2n) is 10.3. The van der Waals surface area contributed by atoms with Crippen LogP contribution in [0.3, 0.4) is 0 Å². The zero-order valence-electron chi connectivity index (χ0n) is 22.5. The smallest absolute Gasteiger partial charge is 0.129 e. The highest BCUT2D eigenvalue weighted by Crippen LogP contribution is 2.40. The maximum absolute atomic E-state index is 11.0. The largest absolute Gasteiger partial charge is 0.507 e. The highest BCUT2D eigenvalue weighted by Gasteiger charge is 2.23. The van der Waals surface area contributed by atoms with Crippen LogP contribution in [-0.2, 0) is 6.42 Å². The summed E-state index contributed by atoms with van der Waals surface area (Å²) in [6.07, 6.45) is 12.3. The van der Waals surface area contributed by atoms with Gasteiger partial charge in [0, 0.05) is 27.4 Å². The first-order valence-electron chi connectivity index (χ1n) is 13.3. The number of benzene rings is 2. The van der Waals surface area contributed by atoms with Crippen molar-refractivity contribution in [1.29, 1.82) is 0 Å². The third kappa shape index (κ3) is 3.63. The van der Waals surface area contributed by atoms with Crippen LogP contribution in [0.25, 0.3) is 29.4 Å². The molecule has 0 fully saturated rings. The molecule has 3 heterocycles. The van der Waals surface area contributed by atoms with Crippen molar-refractivity contribution in [3.63, 3.8) is 0 Å². The summed E-state index contributed by atoms with van der Waals surface area (Å²) in [6.45, 7) is 10.3. The molecule has 2 aliphatic heterocycles. The number of phenols is 2. The van der Waals surface area contributed by atoms with E-state index in [9.17, 15) is 10.2 Å². The van der Waals surface area contributed by atoms with Crippen LogP contribution in [0.2, 0.25) is 0 Å². The maximum atomic E-state index is 11.0. The normalized spacial score (nSPS) is 15.8. The third-order valence-corrected chi connectivity index (χ3v) is 8.16. The number of aromatic hydroxyl groups is 2. The lowest BCUT2D eigenvalue weighted by atomic mass is 9.98. The Kier molecular flexibility index (Phi) is 5.64. The van der Waals surface area contributed by atoms with Gasteiger partial charge in [-0.1, -0.05) is 38.1 Å². The first-order chi connectivity index (χ1) is 18.3. The van der Waals surface area contributed by atoms with Gasteiger partial charge in [-0.2, -0.15) is 0 Å². The number of aliphatic imine (C=N–C) groups is 1. The van der Waals surface area contributed by atoms with Gasteiger partial charge in [-0.05, 0) is 115 Å². The van der Waals surface area contributed by atoms with Crippen molar-refractivity contribution in [3.05, 3.63) is 109 Å². The number of hydrogen-bond donors (Lipinski definition) is 3. The Bertz CT molecular complexity index is 1820. The first-order valence-corrected chi connectivity index (χ1v) is 13.3. The van der Waals surface area contributed by atoms with Gasteiger partial charge in [0.25, 0.3) is 0 Å². The lowest BCUT2D eigenvalue weighted by molar-refractivity contribution is 0.441. The number of hydrogen-bond acceptors (Lipinski definition) is 3. The van der Waals surface area contributed by atoms with Crippen molar-refractivity contribution in [1.82, 2.24) is 4.98 Å². The van der Waals surface area contributed by atoms with Gasteiger partial charge in [0.2, 0.25) is 0 Å². The number of H-pyrrole nitrogens is 1. The minimum Gasteiger partial charge on any atom is -0.507 e. The van der Waals surface area contributed by atoms with E-state index < -0.39 is 0 Å². The van der Waals surface area contributed by atoms with Crippen LogP contribution in [0.1, 0.15) is 66.1 Å². The van der Waals surface area contributed by atoms with Gasteiger partial charge in [0.1, 0.15) is 11.5 Å². The van der Waals surface area contributed by atoms with Crippen molar-refractivity contribution < 1.29 is 10.2 Å². The van der Waals surface area contributed by atoms with E-state index in [1.165, 1.54) is 22.3 Å². The fourth-order valence-electron chi connectivity index (χ4n) is 5.96. The number of nitrogens with zero attached hydrogens (tertiary/aromatic N) is 1. The zero-order chi connectivity index (χ0) is 26.7. The monoisotopic (exact) mass is 500 g/mol. The van der Waals surface area contributed by atoms with E-state index in [4.69, 9.17) is 4.99 Å². The average Bonchev–Trinajstić information content (AvgIpc) is 3.51. The quantitative estimate of drug-likeness (QED) is 0.390. The van der Waals surface area contributed by atoms with Gasteiger partial charge in [-0.15, -0.1) is 0 Å². The predicted octanol–water partition coefficient (Wildman–Crippen LogP) is 6.23. The summed E-state index contributed by atoms with van der Waals surface area (Å²) in [5, 5.41) is 24.0. The fourth-order valence-corrected chi connectivity index (χ4v) is 5.96. The van der Waals surface area contributed by atoms with Gasteiger partial charge in [0.05, 0.1) is 11.4 Å². The molecule has 6 rings (SSSR count). The zero-order valence-corrected chi connectivity index (χ0v) is 22.5. The lowest BCUT2D eigenvalue weighted by Gasteiger charge is -2.11. The molecule has 8 bridgehead atoms. The fraction of sp³-hybridized carbons (Fsp3) is 0.206. The van der Waals surface area contributed by atoms with E-state index in [1.54, 1.807) is 6.92 Å². The van der Waals surface area contributed by atoms with Crippen molar-refractivity contribution in [3.8, 4) is 11.5 Å². The van der Waals surface area contributed by atoms with Crippen LogP contribution in [-0.4, -0.2) is 20.9 Å². The summed E-state index contributed by atoms with van der Waals surface area (Å²) in [6, 6.07) is 10.4. The molecule has 2 aromatic carbocycles. The molecule has 4 nitrogen and oxygen atoms in total. The maximum Gasteiger partial charge on any atom is 0.129 e. The van der Waals surface area contributed by atoms with Crippen LogP contribution in [0.4, 0.5) is 0 Å². The van der Waals surface area contributed by atoms with E-state index in [1.807, 2.05) is 18.2 Å². The van der Waals surface area contributed by atoms with Crippen LogP contribution < -0.4 is 10.7 Å². The SMILES string of the molecule is CCC1=C(C)C2=NC1=Cc1cc(c(O)c(C)c1O)C=c1[nH]c(c(C)c1CC)=CC1=CC(=C2)c2ccccc21. The van der Waals surface area contributed by atoms with Gasteiger partial charge in [-0.25, -0.2) is 4.99 Å². The van der Waals surface area contributed by atoms with E-state index in [-0.39, 0.29) is 11.5 Å². The van der Waals surface area contributed by atoms with E-state index >= 15 is 0 Å². The second kappa shape index (κ2) is 8.91. The first kappa shape index (κ1) is 24.1. The molecule has 0 unspecified atom stereocenters. The van der Waals surface area contributed by atoms with Crippen molar-refractivity contribution >= 4 is 35.1 Å². The number of allylic oxidation sites excluding steroid dienone is 6. The molecule has 0 saturated carbocycles. The van der Waals surface area contributed by atoms with Gasteiger partial charge in [-0.3, -0.25) is 0 Å². The Hall–Kier alpha value is -4.31. The molecule has 3 aromatic rings. The molecule has 4 heteroatoms. The Morgan fingerprint density at radius 2 is 1.39 bits per heavy atom. The van der Waals surface area contributed by atoms with E-state index in [0.717, 1.165) is 57.2 Å². The lowest BCUT2D eigenvalue weighted by Crippen LogP contribution is -2.12. The minimum absolute atomic E-state index is 0.0769. The number of aromatic nitrogens is 1. The summed E-state index contributed by atoms with van der Waals surface area (Å²) in [5.74, 6) is 0.164. The highest BCUT2D eigenvalue weighted by molar-refractivity contribution is 6.18. The molecule has 0 spiro atoms. The topological polar surface area (TPSA) is 68.6 Å². The van der Waals surface area contributed by atoms with E-state index in [0.29, 0.717) is 16.7 Å². The molecule has 1 aromatic heterocycles. The Morgan fingerprint density at radius 3 is 2.05 bits per heavy atom. The number of aromatic amines is 1. The van der Waals surface area contributed by atoms with Crippen molar-refractivity contribution in [2.24, 2.45) is 4.99 Å². The summed E-state index contributed by atoms with van der Waals surface area (Å²) in [4.78, 5) is 8.67. The molecule has 0 saturated heterocycles. The summed E-state index contributed by atoms with van der Waals surface area (Å²) >= 11 is 0. The molecular formula is C34H32N2O2.